The van der Waals surface area contributed by atoms with Gasteiger partial charge in [0.1, 0.15) is 6.04 Å². The van der Waals surface area contributed by atoms with Crippen LogP contribution in [0.4, 0.5) is 0 Å². The number of amides is 2. The topological polar surface area (TPSA) is 49.4 Å². The Balaban J connectivity index is 2.16. The van der Waals surface area contributed by atoms with Gasteiger partial charge in [0.2, 0.25) is 11.8 Å². The van der Waals surface area contributed by atoms with Crippen molar-refractivity contribution in [2.75, 3.05) is 5.75 Å². The summed E-state index contributed by atoms with van der Waals surface area (Å²) in [6.45, 7) is 7.96. The van der Waals surface area contributed by atoms with Gasteiger partial charge >= 0.3 is 0 Å². The van der Waals surface area contributed by atoms with Crippen LogP contribution in [-0.2, 0) is 16.1 Å². The molecule has 0 heterocycles. The van der Waals surface area contributed by atoms with Gasteiger partial charge in [0, 0.05) is 21.5 Å². The lowest BCUT2D eigenvalue weighted by atomic mass is 10.1. The molecule has 0 saturated heterocycles. The number of benzene rings is 2. The summed E-state index contributed by atoms with van der Waals surface area (Å²) in [7, 11) is 0. The highest BCUT2D eigenvalue weighted by atomic mass is 79.9. The molecule has 0 spiro atoms. The molecule has 2 aromatic carbocycles. The van der Waals surface area contributed by atoms with Gasteiger partial charge in [0.15, 0.2) is 0 Å². The minimum atomic E-state index is -0.568. The molecule has 0 aliphatic heterocycles. The molecule has 6 heteroatoms. The van der Waals surface area contributed by atoms with Gasteiger partial charge in [-0.25, -0.2) is 0 Å². The standard InChI is InChI=1S/C22H27BrN2O2S/c1-16(21(27)24-22(2,3)4)25(14-17-9-8-10-18(23)13-17)20(26)15-28-19-11-6-5-7-12-19/h5-13,16H,14-15H2,1-4H3,(H,24,27)/t16-/m0/s1. The third kappa shape index (κ3) is 7.32. The summed E-state index contributed by atoms with van der Waals surface area (Å²) in [5, 5.41) is 2.98. The molecule has 0 saturated carbocycles. The van der Waals surface area contributed by atoms with Crippen LogP contribution in [0.25, 0.3) is 0 Å². The van der Waals surface area contributed by atoms with Crippen molar-refractivity contribution in [1.29, 1.82) is 0 Å². The Morgan fingerprint density at radius 3 is 2.39 bits per heavy atom. The van der Waals surface area contributed by atoms with Crippen LogP contribution in [0.2, 0.25) is 0 Å². The number of carbonyl (C=O) groups excluding carboxylic acids is 2. The molecule has 0 radical (unpaired) electrons. The zero-order valence-electron chi connectivity index (χ0n) is 16.7. The van der Waals surface area contributed by atoms with E-state index >= 15 is 0 Å². The third-order valence-electron chi connectivity index (χ3n) is 4.01. The Kier molecular flexibility index (Phi) is 8.13. The second-order valence-corrected chi connectivity index (χ2v) is 9.63. The van der Waals surface area contributed by atoms with Crippen molar-refractivity contribution >= 4 is 39.5 Å². The summed E-state index contributed by atoms with van der Waals surface area (Å²) < 4.78 is 0.947. The van der Waals surface area contributed by atoms with Crippen LogP contribution < -0.4 is 5.32 Å². The Morgan fingerprint density at radius 2 is 1.79 bits per heavy atom. The van der Waals surface area contributed by atoms with Crippen molar-refractivity contribution in [3.05, 3.63) is 64.6 Å². The zero-order chi connectivity index (χ0) is 20.7. The average molecular weight is 463 g/mol. The van der Waals surface area contributed by atoms with E-state index < -0.39 is 6.04 Å². The highest BCUT2D eigenvalue weighted by Crippen LogP contribution is 2.20. The fraction of sp³-hybridized carbons (Fsp3) is 0.364. The van der Waals surface area contributed by atoms with E-state index in [1.54, 1.807) is 11.8 Å². The van der Waals surface area contributed by atoms with Crippen molar-refractivity contribution in [2.45, 2.75) is 50.7 Å². The molecule has 0 aliphatic rings. The lowest BCUT2D eigenvalue weighted by molar-refractivity contribution is -0.139. The molecule has 1 N–H and O–H groups in total. The fourth-order valence-corrected chi connectivity index (χ4v) is 3.89. The lowest BCUT2D eigenvalue weighted by Gasteiger charge is -2.31. The smallest absolute Gasteiger partial charge is 0.242 e. The average Bonchev–Trinajstić information content (AvgIpc) is 2.63. The summed E-state index contributed by atoms with van der Waals surface area (Å²) in [5.74, 6) is 0.0662. The molecule has 2 amide bonds. The fourth-order valence-electron chi connectivity index (χ4n) is 2.63. The van der Waals surface area contributed by atoms with Gasteiger partial charge in [-0.1, -0.05) is 46.3 Å². The molecular formula is C22H27BrN2O2S. The largest absolute Gasteiger partial charge is 0.350 e. The van der Waals surface area contributed by atoms with Crippen molar-refractivity contribution in [1.82, 2.24) is 10.2 Å². The van der Waals surface area contributed by atoms with Gasteiger partial charge in [0.05, 0.1) is 5.75 Å². The van der Waals surface area contributed by atoms with Crippen LogP contribution in [0.3, 0.4) is 0 Å². The van der Waals surface area contributed by atoms with E-state index in [1.165, 1.54) is 11.8 Å². The minimum Gasteiger partial charge on any atom is -0.350 e. The number of thioether (sulfide) groups is 1. The molecule has 0 aromatic heterocycles. The first-order valence-corrected chi connectivity index (χ1v) is 11.0. The lowest BCUT2D eigenvalue weighted by Crippen LogP contribution is -2.52. The van der Waals surface area contributed by atoms with Crippen molar-refractivity contribution in [3.8, 4) is 0 Å². The minimum absolute atomic E-state index is 0.0645. The maximum absolute atomic E-state index is 13.0. The van der Waals surface area contributed by atoms with E-state index in [-0.39, 0.29) is 23.1 Å². The van der Waals surface area contributed by atoms with E-state index in [0.29, 0.717) is 6.54 Å². The third-order valence-corrected chi connectivity index (χ3v) is 5.50. The van der Waals surface area contributed by atoms with Gasteiger partial charge in [-0.2, -0.15) is 0 Å². The molecule has 2 aromatic rings. The summed E-state index contributed by atoms with van der Waals surface area (Å²) >= 11 is 4.95. The van der Waals surface area contributed by atoms with Crippen molar-refractivity contribution in [3.63, 3.8) is 0 Å². The van der Waals surface area contributed by atoms with Gasteiger partial charge in [-0.3, -0.25) is 9.59 Å². The van der Waals surface area contributed by atoms with Crippen LogP contribution in [0.5, 0.6) is 0 Å². The van der Waals surface area contributed by atoms with Crippen molar-refractivity contribution < 1.29 is 9.59 Å². The number of hydrogen-bond acceptors (Lipinski definition) is 3. The molecule has 0 bridgehead atoms. The Hall–Kier alpha value is -1.79. The predicted molar refractivity (Wildman–Crippen MR) is 119 cm³/mol. The van der Waals surface area contributed by atoms with Gasteiger partial charge in [0.25, 0.3) is 0 Å². The second-order valence-electron chi connectivity index (χ2n) is 7.67. The van der Waals surface area contributed by atoms with E-state index in [2.05, 4.69) is 21.2 Å². The van der Waals surface area contributed by atoms with Crippen LogP contribution in [0, 0.1) is 0 Å². The van der Waals surface area contributed by atoms with Gasteiger partial charge in [-0.05, 0) is 57.5 Å². The zero-order valence-corrected chi connectivity index (χ0v) is 19.1. The van der Waals surface area contributed by atoms with Gasteiger partial charge < -0.3 is 10.2 Å². The maximum atomic E-state index is 13.0. The molecule has 0 aliphatic carbocycles. The molecule has 0 fully saturated rings. The highest BCUT2D eigenvalue weighted by molar-refractivity contribution is 9.10. The highest BCUT2D eigenvalue weighted by Gasteiger charge is 2.28. The van der Waals surface area contributed by atoms with E-state index in [9.17, 15) is 9.59 Å². The number of rotatable bonds is 7. The molecule has 2 rings (SSSR count). The Labute approximate surface area is 180 Å². The summed E-state index contributed by atoms with van der Waals surface area (Å²) in [6.07, 6.45) is 0. The van der Waals surface area contributed by atoms with E-state index in [1.807, 2.05) is 75.4 Å². The molecule has 150 valence electrons. The van der Waals surface area contributed by atoms with Crippen LogP contribution in [0.1, 0.15) is 33.3 Å². The molecule has 28 heavy (non-hydrogen) atoms. The molecule has 4 nitrogen and oxygen atoms in total. The number of nitrogens with one attached hydrogen (secondary N) is 1. The molecule has 0 unspecified atom stereocenters. The molecular weight excluding hydrogens is 436 g/mol. The van der Waals surface area contributed by atoms with E-state index in [4.69, 9.17) is 0 Å². The van der Waals surface area contributed by atoms with Crippen LogP contribution in [-0.4, -0.2) is 34.0 Å². The number of nitrogens with zero attached hydrogens (tertiary/aromatic N) is 1. The molecule has 1 atom stereocenters. The normalized spacial score (nSPS) is 12.3. The second kappa shape index (κ2) is 10.1. The van der Waals surface area contributed by atoms with Crippen LogP contribution >= 0.6 is 27.7 Å². The van der Waals surface area contributed by atoms with E-state index in [0.717, 1.165) is 14.9 Å². The van der Waals surface area contributed by atoms with Crippen molar-refractivity contribution in [2.24, 2.45) is 0 Å². The first-order valence-electron chi connectivity index (χ1n) is 9.19. The summed E-state index contributed by atoms with van der Waals surface area (Å²) in [5.41, 5.74) is 0.622. The maximum Gasteiger partial charge on any atom is 0.242 e. The summed E-state index contributed by atoms with van der Waals surface area (Å²) in [6, 6.07) is 17.0. The quantitative estimate of drug-likeness (QED) is 0.596. The first-order chi connectivity index (χ1) is 13.2. The number of hydrogen-bond donors (Lipinski definition) is 1. The Bertz CT molecular complexity index is 806. The monoisotopic (exact) mass is 462 g/mol. The number of carbonyl (C=O) groups is 2. The Morgan fingerprint density at radius 1 is 1.11 bits per heavy atom. The first kappa shape index (κ1) is 22.5. The summed E-state index contributed by atoms with van der Waals surface area (Å²) in [4.78, 5) is 28.4. The number of halogens is 1. The SMILES string of the molecule is C[C@@H](C(=O)NC(C)(C)C)N(Cc1cccc(Br)c1)C(=O)CSc1ccccc1. The predicted octanol–water partition coefficient (Wildman–Crippen LogP) is 4.87. The van der Waals surface area contributed by atoms with Gasteiger partial charge in [-0.15, -0.1) is 11.8 Å². The van der Waals surface area contributed by atoms with Crippen LogP contribution in [0.15, 0.2) is 64.0 Å².